The van der Waals surface area contributed by atoms with E-state index in [1.807, 2.05) is 42.5 Å². The largest absolute Gasteiger partial charge is 0.395 e. The van der Waals surface area contributed by atoms with Crippen LogP contribution in [0.15, 0.2) is 59.5 Å². The van der Waals surface area contributed by atoms with Gasteiger partial charge in [0.2, 0.25) is 10.0 Å². The van der Waals surface area contributed by atoms with Crippen LogP contribution in [0.25, 0.3) is 0 Å². The van der Waals surface area contributed by atoms with Gasteiger partial charge in [-0.2, -0.15) is 4.31 Å². The quantitative estimate of drug-likeness (QED) is 0.796. The van der Waals surface area contributed by atoms with Crippen LogP contribution in [0, 0.1) is 0 Å². The van der Waals surface area contributed by atoms with Crippen molar-refractivity contribution < 1.29 is 13.5 Å². The highest BCUT2D eigenvalue weighted by molar-refractivity contribution is 7.89. The molecule has 1 atom stereocenters. The lowest BCUT2D eigenvalue weighted by molar-refractivity contribution is 0.251. The van der Waals surface area contributed by atoms with Crippen molar-refractivity contribution in [3.63, 3.8) is 0 Å². The van der Waals surface area contributed by atoms with Crippen LogP contribution in [0.2, 0.25) is 0 Å². The zero-order valence-electron chi connectivity index (χ0n) is 14.2. The van der Waals surface area contributed by atoms with E-state index in [-0.39, 0.29) is 24.6 Å². The molecule has 24 heavy (non-hydrogen) atoms. The summed E-state index contributed by atoms with van der Waals surface area (Å²) in [6, 6.07) is 16.5. The van der Waals surface area contributed by atoms with Crippen molar-refractivity contribution in [2.75, 3.05) is 13.2 Å². The Labute approximate surface area is 144 Å². The SMILES string of the molecule is CCC(C)c1ccc(S(=O)(=O)N(CCO)Cc2ccccc2)cc1. The number of aliphatic hydroxyl groups is 1. The molecule has 0 heterocycles. The van der Waals surface area contributed by atoms with Gasteiger partial charge in [0.05, 0.1) is 11.5 Å². The summed E-state index contributed by atoms with van der Waals surface area (Å²) >= 11 is 0. The van der Waals surface area contributed by atoms with Crippen molar-refractivity contribution >= 4 is 10.0 Å². The van der Waals surface area contributed by atoms with Gasteiger partial charge in [-0.25, -0.2) is 8.42 Å². The molecule has 0 bridgehead atoms. The molecule has 5 heteroatoms. The fourth-order valence-electron chi connectivity index (χ4n) is 2.54. The van der Waals surface area contributed by atoms with Crippen LogP contribution >= 0.6 is 0 Å². The summed E-state index contributed by atoms with van der Waals surface area (Å²) in [6.07, 6.45) is 1.01. The van der Waals surface area contributed by atoms with E-state index in [0.29, 0.717) is 5.92 Å². The van der Waals surface area contributed by atoms with Crippen molar-refractivity contribution in [2.24, 2.45) is 0 Å². The minimum absolute atomic E-state index is 0.0738. The zero-order chi connectivity index (χ0) is 17.6. The molecule has 0 aliphatic rings. The molecule has 0 aromatic heterocycles. The number of rotatable bonds is 8. The average molecular weight is 347 g/mol. The van der Waals surface area contributed by atoms with E-state index >= 15 is 0 Å². The van der Waals surface area contributed by atoms with Crippen LogP contribution in [-0.2, 0) is 16.6 Å². The van der Waals surface area contributed by atoms with Gasteiger partial charge in [0.25, 0.3) is 0 Å². The lowest BCUT2D eigenvalue weighted by Gasteiger charge is -2.22. The van der Waals surface area contributed by atoms with Crippen molar-refractivity contribution in [2.45, 2.75) is 37.6 Å². The van der Waals surface area contributed by atoms with Gasteiger partial charge in [-0.05, 0) is 35.6 Å². The van der Waals surface area contributed by atoms with Crippen LogP contribution in [0.5, 0.6) is 0 Å². The van der Waals surface area contributed by atoms with E-state index in [4.69, 9.17) is 0 Å². The Hall–Kier alpha value is -1.69. The van der Waals surface area contributed by atoms with Gasteiger partial charge in [0, 0.05) is 13.1 Å². The first-order valence-electron chi connectivity index (χ1n) is 8.24. The van der Waals surface area contributed by atoms with Crippen LogP contribution < -0.4 is 0 Å². The first-order chi connectivity index (χ1) is 11.5. The summed E-state index contributed by atoms with van der Waals surface area (Å²) in [4.78, 5) is 0.263. The molecule has 0 amide bonds. The van der Waals surface area contributed by atoms with E-state index in [1.54, 1.807) is 12.1 Å². The molecule has 0 saturated heterocycles. The van der Waals surface area contributed by atoms with Gasteiger partial charge in [0.1, 0.15) is 0 Å². The highest BCUT2D eigenvalue weighted by atomic mass is 32.2. The molecule has 0 aliphatic heterocycles. The highest BCUT2D eigenvalue weighted by Crippen LogP contribution is 2.23. The topological polar surface area (TPSA) is 57.6 Å². The molecule has 130 valence electrons. The van der Waals surface area contributed by atoms with Crippen LogP contribution in [0.1, 0.15) is 37.3 Å². The minimum Gasteiger partial charge on any atom is -0.395 e. The number of benzene rings is 2. The predicted molar refractivity (Wildman–Crippen MR) is 96.3 cm³/mol. The second-order valence-electron chi connectivity index (χ2n) is 5.93. The van der Waals surface area contributed by atoms with Gasteiger partial charge >= 0.3 is 0 Å². The maximum absolute atomic E-state index is 12.9. The van der Waals surface area contributed by atoms with E-state index in [2.05, 4.69) is 13.8 Å². The van der Waals surface area contributed by atoms with Crippen molar-refractivity contribution in [1.29, 1.82) is 0 Å². The normalized spacial score (nSPS) is 13.2. The standard InChI is InChI=1S/C19H25NO3S/c1-3-16(2)18-9-11-19(12-10-18)24(22,23)20(13-14-21)15-17-7-5-4-6-8-17/h4-12,16,21H,3,13-15H2,1-2H3. The summed E-state index contributed by atoms with van der Waals surface area (Å²) in [7, 11) is -3.64. The second-order valence-corrected chi connectivity index (χ2v) is 7.86. The molecule has 4 nitrogen and oxygen atoms in total. The van der Waals surface area contributed by atoms with E-state index in [1.165, 1.54) is 4.31 Å². The summed E-state index contributed by atoms with van der Waals surface area (Å²) in [5.74, 6) is 0.402. The van der Waals surface area contributed by atoms with Gasteiger partial charge in [-0.3, -0.25) is 0 Å². The Morgan fingerprint density at radius 3 is 2.21 bits per heavy atom. The number of sulfonamides is 1. The van der Waals surface area contributed by atoms with Gasteiger partial charge < -0.3 is 5.11 Å². The van der Waals surface area contributed by atoms with Crippen LogP contribution in [0.4, 0.5) is 0 Å². The smallest absolute Gasteiger partial charge is 0.243 e. The van der Waals surface area contributed by atoms with Gasteiger partial charge in [0.15, 0.2) is 0 Å². The number of hydrogen-bond acceptors (Lipinski definition) is 3. The van der Waals surface area contributed by atoms with Gasteiger partial charge in [-0.1, -0.05) is 56.3 Å². The highest BCUT2D eigenvalue weighted by Gasteiger charge is 2.24. The Kier molecular flexibility index (Phi) is 6.54. The fourth-order valence-corrected chi connectivity index (χ4v) is 3.96. The van der Waals surface area contributed by atoms with Crippen molar-refractivity contribution in [1.82, 2.24) is 4.31 Å². The third-order valence-electron chi connectivity index (χ3n) is 4.25. The van der Waals surface area contributed by atoms with E-state index in [0.717, 1.165) is 17.5 Å². The third kappa shape index (κ3) is 4.44. The fraction of sp³-hybridized carbons (Fsp3) is 0.368. The number of nitrogens with zero attached hydrogens (tertiary/aromatic N) is 1. The molecule has 1 N–H and O–H groups in total. The van der Waals surface area contributed by atoms with Crippen LogP contribution in [-0.4, -0.2) is 31.0 Å². The summed E-state index contributed by atoms with van der Waals surface area (Å²) in [6.45, 7) is 4.34. The minimum atomic E-state index is -3.64. The van der Waals surface area contributed by atoms with Crippen molar-refractivity contribution in [3.05, 3.63) is 65.7 Å². The first-order valence-corrected chi connectivity index (χ1v) is 9.68. The van der Waals surface area contributed by atoms with Gasteiger partial charge in [-0.15, -0.1) is 0 Å². The lowest BCUT2D eigenvalue weighted by atomic mass is 9.99. The molecule has 2 rings (SSSR count). The lowest BCUT2D eigenvalue weighted by Crippen LogP contribution is -2.33. The summed E-state index contributed by atoms with van der Waals surface area (Å²) < 4.78 is 27.1. The molecule has 0 aliphatic carbocycles. The molecule has 2 aromatic rings. The van der Waals surface area contributed by atoms with E-state index < -0.39 is 10.0 Å². The Morgan fingerprint density at radius 1 is 1.04 bits per heavy atom. The number of hydrogen-bond donors (Lipinski definition) is 1. The zero-order valence-corrected chi connectivity index (χ0v) is 15.0. The Morgan fingerprint density at radius 2 is 1.67 bits per heavy atom. The van der Waals surface area contributed by atoms with Crippen LogP contribution in [0.3, 0.4) is 0 Å². The molecule has 0 fully saturated rings. The average Bonchev–Trinajstić information content (AvgIpc) is 2.61. The molecule has 0 saturated carbocycles. The molecule has 2 aromatic carbocycles. The number of aliphatic hydroxyl groups excluding tert-OH is 1. The summed E-state index contributed by atoms with van der Waals surface area (Å²) in [5.41, 5.74) is 2.03. The second kappa shape index (κ2) is 8.42. The third-order valence-corrected chi connectivity index (χ3v) is 6.11. The first kappa shape index (κ1) is 18.6. The monoisotopic (exact) mass is 347 g/mol. The maximum Gasteiger partial charge on any atom is 0.243 e. The van der Waals surface area contributed by atoms with Crippen molar-refractivity contribution in [3.8, 4) is 0 Å². The molecular formula is C19H25NO3S. The molecule has 1 unspecified atom stereocenters. The maximum atomic E-state index is 12.9. The summed E-state index contributed by atoms with van der Waals surface area (Å²) in [5, 5.41) is 9.27. The Bertz CT molecular complexity index is 727. The molecule has 0 radical (unpaired) electrons. The Balaban J connectivity index is 2.27. The molecular weight excluding hydrogens is 322 g/mol. The van der Waals surface area contributed by atoms with E-state index in [9.17, 15) is 13.5 Å². The molecule has 0 spiro atoms. The predicted octanol–water partition coefficient (Wildman–Crippen LogP) is 3.38.